The van der Waals surface area contributed by atoms with Gasteiger partial charge in [0.2, 0.25) is 0 Å². The summed E-state index contributed by atoms with van der Waals surface area (Å²) >= 11 is 0. The van der Waals surface area contributed by atoms with Crippen molar-refractivity contribution in [3.05, 3.63) is 24.3 Å². The molecule has 1 aliphatic rings. The highest BCUT2D eigenvalue weighted by atomic mass is 16.5. The molecule has 5 nitrogen and oxygen atoms in total. The molecule has 1 fully saturated rings. The molecular weight excluding hydrogens is 230 g/mol. The normalized spacial score (nSPS) is 15.3. The van der Waals surface area contributed by atoms with Gasteiger partial charge >= 0.3 is 6.03 Å². The second-order valence-corrected chi connectivity index (χ2v) is 4.24. The highest BCUT2D eigenvalue weighted by molar-refractivity contribution is 5.91. The first-order chi connectivity index (χ1) is 8.74. The molecule has 1 aromatic rings. The average molecular weight is 245 g/mol. The Labute approximate surface area is 106 Å². The van der Waals surface area contributed by atoms with Crippen LogP contribution in [0.5, 0.6) is 5.75 Å². The van der Waals surface area contributed by atoms with Gasteiger partial charge in [-0.05, 0) is 30.9 Å². The third-order valence-electron chi connectivity index (χ3n) is 2.87. The molecule has 5 heteroatoms. The Morgan fingerprint density at radius 3 is 2.83 bits per heavy atom. The summed E-state index contributed by atoms with van der Waals surface area (Å²) in [5, 5.41) is 14.3. The van der Waals surface area contributed by atoms with Gasteiger partial charge in [-0.2, -0.15) is 5.26 Å². The van der Waals surface area contributed by atoms with Gasteiger partial charge in [-0.3, -0.25) is 0 Å². The van der Waals surface area contributed by atoms with Crippen LogP contribution in [0.25, 0.3) is 0 Å². The lowest BCUT2D eigenvalue weighted by Gasteiger charge is -2.13. The monoisotopic (exact) mass is 245 g/mol. The van der Waals surface area contributed by atoms with Gasteiger partial charge in [0.25, 0.3) is 0 Å². The van der Waals surface area contributed by atoms with Crippen LogP contribution in [0.15, 0.2) is 24.3 Å². The molecule has 94 valence electrons. The Bertz CT molecular complexity index is 477. The minimum atomic E-state index is -0.403. The summed E-state index contributed by atoms with van der Waals surface area (Å²) in [5.74, 6) is 0.894. The van der Waals surface area contributed by atoms with Crippen LogP contribution >= 0.6 is 0 Å². The van der Waals surface area contributed by atoms with Crippen LogP contribution in [0.4, 0.5) is 10.5 Å². The largest absolute Gasteiger partial charge is 0.495 e. The van der Waals surface area contributed by atoms with Crippen molar-refractivity contribution in [3.8, 4) is 11.8 Å². The Kier molecular flexibility index (Phi) is 3.68. The number of carbonyl (C=O) groups is 1. The van der Waals surface area contributed by atoms with E-state index in [4.69, 9.17) is 10.00 Å². The van der Waals surface area contributed by atoms with Crippen molar-refractivity contribution >= 4 is 11.7 Å². The van der Waals surface area contributed by atoms with E-state index in [0.29, 0.717) is 17.4 Å². The van der Waals surface area contributed by atoms with Gasteiger partial charge in [0.1, 0.15) is 11.8 Å². The summed E-state index contributed by atoms with van der Waals surface area (Å²) < 4.78 is 5.13. The molecule has 0 aromatic heterocycles. The number of nitriles is 1. The number of nitrogens with zero attached hydrogens (tertiary/aromatic N) is 1. The van der Waals surface area contributed by atoms with Crippen molar-refractivity contribution in [3.63, 3.8) is 0 Å². The number of ether oxygens (including phenoxy) is 1. The number of para-hydroxylation sites is 2. The minimum absolute atomic E-state index is 0.304. The lowest BCUT2D eigenvalue weighted by atomic mass is 10.2. The summed E-state index contributed by atoms with van der Waals surface area (Å²) in [6.45, 7) is 0. The van der Waals surface area contributed by atoms with Gasteiger partial charge in [-0.1, -0.05) is 12.1 Å². The van der Waals surface area contributed by atoms with E-state index in [0.717, 1.165) is 12.8 Å². The number of nitrogens with one attached hydrogen (secondary N) is 2. The third kappa shape index (κ3) is 2.92. The predicted octanol–water partition coefficient (Wildman–Crippen LogP) is 2.12. The number of amides is 2. The molecule has 0 bridgehead atoms. The van der Waals surface area contributed by atoms with E-state index in [2.05, 4.69) is 16.7 Å². The maximum atomic E-state index is 11.8. The molecule has 18 heavy (non-hydrogen) atoms. The molecule has 0 saturated heterocycles. The van der Waals surface area contributed by atoms with Crippen molar-refractivity contribution in [2.75, 3.05) is 12.4 Å². The molecule has 1 aliphatic carbocycles. The van der Waals surface area contributed by atoms with Gasteiger partial charge in [0.15, 0.2) is 0 Å². The van der Waals surface area contributed by atoms with E-state index in [-0.39, 0.29) is 6.03 Å². The van der Waals surface area contributed by atoms with Crippen LogP contribution in [0.3, 0.4) is 0 Å². The van der Waals surface area contributed by atoms with Crippen LogP contribution in [0.1, 0.15) is 12.8 Å². The van der Waals surface area contributed by atoms with E-state index in [1.165, 1.54) is 0 Å². The van der Waals surface area contributed by atoms with Gasteiger partial charge < -0.3 is 15.4 Å². The van der Waals surface area contributed by atoms with Crippen molar-refractivity contribution in [2.45, 2.75) is 18.9 Å². The lowest BCUT2D eigenvalue weighted by Crippen LogP contribution is -2.38. The number of urea groups is 1. The molecule has 1 atom stereocenters. The van der Waals surface area contributed by atoms with E-state index < -0.39 is 6.04 Å². The second-order valence-electron chi connectivity index (χ2n) is 4.24. The van der Waals surface area contributed by atoms with E-state index in [9.17, 15) is 4.79 Å². The molecular formula is C13H15N3O2. The van der Waals surface area contributed by atoms with Crippen LogP contribution in [0.2, 0.25) is 0 Å². The number of rotatable bonds is 4. The number of hydrogen-bond acceptors (Lipinski definition) is 3. The summed E-state index contributed by atoms with van der Waals surface area (Å²) in [5.41, 5.74) is 0.588. The van der Waals surface area contributed by atoms with Crippen molar-refractivity contribution in [2.24, 2.45) is 5.92 Å². The lowest BCUT2D eigenvalue weighted by molar-refractivity contribution is 0.249. The molecule has 1 aromatic carbocycles. The first-order valence-electron chi connectivity index (χ1n) is 5.84. The Morgan fingerprint density at radius 1 is 1.50 bits per heavy atom. The summed E-state index contributed by atoms with van der Waals surface area (Å²) in [7, 11) is 1.54. The molecule has 0 spiro atoms. The van der Waals surface area contributed by atoms with Crippen molar-refractivity contribution in [1.82, 2.24) is 5.32 Å². The topological polar surface area (TPSA) is 74.2 Å². The SMILES string of the molecule is COc1ccccc1NC(=O)NC(C#N)C1CC1. The Balaban J connectivity index is 1.96. The van der Waals surface area contributed by atoms with Crippen LogP contribution in [-0.4, -0.2) is 19.2 Å². The molecule has 1 unspecified atom stereocenters. The Hall–Kier alpha value is -2.22. The smallest absolute Gasteiger partial charge is 0.320 e. The number of carbonyl (C=O) groups excluding carboxylic acids is 1. The number of hydrogen-bond donors (Lipinski definition) is 2. The molecule has 0 heterocycles. The first kappa shape index (κ1) is 12.2. The highest BCUT2D eigenvalue weighted by Crippen LogP contribution is 2.32. The third-order valence-corrected chi connectivity index (χ3v) is 2.87. The fourth-order valence-electron chi connectivity index (χ4n) is 1.73. The minimum Gasteiger partial charge on any atom is -0.495 e. The van der Waals surface area contributed by atoms with Crippen LogP contribution in [-0.2, 0) is 0 Å². The fourth-order valence-corrected chi connectivity index (χ4v) is 1.73. The highest BCUT2D eigenvalue weighted by Gasteiger charge is 2.32. The van der Waals surface area contributed by atoms with Gasteiger partial charge in [-0.25, -0.2) is 4.79 Å². The van der Waals surface area contributed by atoms with Gasteiger partial charge in [0.05, 0.1) is 18.9 Å². The molecule has 2 rings (SSSR count). The van der Waals surface area contributed by atoms with E-state index in [1.807, 2.05) is 6.07 Å². The predicted molar refractivity (Wildman–Crippen MR) is 67.3 cm³/mol. The van der Waals surface area contributed by atoms with Crippen LogP contribution < -0.4 is 15.4 Å². The number of methoxy groups -OCH3 is 1. The van der Waals surface area contributed by atoms with Crippen molar-refractivity contribution in [1.29, 1.82) is 5.26 Å². The second kappa shape index (κ2) is 5.41. The summed E-state index contributed by atoms with van der Waals surface area (Å²) in [4.78, 5) is 11.8. The zero-order valence-electron chi connectivity index (χ0n) is 10.1. The van der Waals surface area contributed by atoms with Gasteiger partial charge in [-0.15, -0.1) is 0 Å². The van der Waals surface area contributed by atoms with Gasteiger partial charge in [0, 0.05) is 0 Å². The van der Waals surface area contributed by atoms with Crippen LogP contribution in [0, 0.1) is 17.2 Å². The maximum Gasteiger partial charge on any atom is 0.320 e. The number of anilines is 1. The molecule has 2 amide bonds. The Morgan fingerprint density at radius 2 is 2.22 bits per heavy atom. The first-order valence-corrected chi connectivity index (χ1v) is 5.84. The van der Waals surface area contributed by atoms with Crippen molar-refractivity contribution < 1.29 is 9.53 Å². The molecule has 0 aliphatic heterocycles. The summed E-state index contributed by atoms with van der Waals surface area (Å²) in [6, 6.07) is 8.47. The standard InChI is InChI=1S/C13H15N3O2/c1-18-12-5-3-2-4-10(12)15-13(17)16-11(8-14)9-6-7-9/h2-5,9,11H,6-7H2,1H3,(H2,15,16,17). The summed E-state index contributed by atoms with van der Waals surface area (Å²) in [6.07, 6.45) is 2.01. The fraction of sp³-hybridized carbons (Fsp3) is 0.385. The average Bonchev–Trinajstić information content (AvgIpc) is 3.21. The van der Waals surface area contributed by atoms with E-state index >= 15 is 0 Å². The zero-order chi connectivity index (χ0) is 13.0. The maximum absolute atomic E-state index is 11.8. The number of benzene rings is 1. The molecule has 0 radical (unpaired) electrons. The zero-order valence-corrected chi connectivity index (χ0v) is 10.1. The molecule has 1 saturated carbocycles. The van der Waals surface area contributed by atoms with E-state index in [1.54, 1.807) is 25.3 Å². The quantitative estimate of drug-likeness (QED) is 0.853. The molecule has 2 N–H and O–H groups in total.